The van der Waals surface area contributed by atoms with Crippen LogP contribution in [0.5, 0.6) is 5.75 Å². The van der Waals surface area contributed by atoms with E-state index in [4.69, 9.17) is 4.74 Å². The normalized spacial score (nSPS) is 16.1. The molecular formula is C23H30N2O2. The summed E-state index contributed by atoms with van der Waals surface area (Å²) in [6.45, 7) is 3.81. The lowest BCUT2D eigenvalue weighted by molar-refractivity contribution is -0.133. The lowest BCUT2D eigenvalue weighted by Gasteiger charge is -2.34. The fourth-order valence-corrected chi connectivity index (χ4v) is 3.87. The zero-order chi connectivity index (χ0) is 19.2. The Hall–Kier alpha value is -2.33. The lowest BCUT2D eigenvalue weighted by atomic mass is 9.87. The second-order valence-corrected chi connectivity index (χ2v) is 7.36. The first-order valence-corrected chi connectivity index (χ1v) is 9.82. The molecule has 0 aromatic heterocycles. The number of aryl methyl sites for hydroxylation is 1. The van der Waals surface area contributed by atoms with Gasteiger partial charge in [-0.05, 0) is 62.1 Å². The van der Waals surface area contributed by atoms with E-state index in [1.807, 2.05) is 38.1 Å². The zero-order valence-corrected chi connectivity index (χ0v) is 16.6. The molecule has 0 saturated heterocycles. The maximum absolute atomic E-state index is 12.9. The molecular weight excluding hydrogens is 336 g/mol. The van der Waals surface area contributed by atoms with Crippen LogP contribution in [-0.4, -0.2) is 43.0 Å². The van der Waals surface area contributed by atoms with Gasteiger partial charge in [0, 0.05) is 13.6 Å². The monoisotopic (exact) mass is 366 g/mol. The van der Waals surface area contributed by atoms with E-state index >= 15 is 0 Å². The summed E-state index contributed by atoms with van der Waals surface area (Å²) in [5.41, 5.74) is 3.88. The van der Waals surface area contributed by atoms with E-state index in [0.717, 1.165) is 31.6 Å². The van der Waals surface area contributed by atoms with E-state index in [1.165, 1.54) is 16.7 Å². The van der Waals surface area contributed by atoms with Gasteiger partial charge in [-0.25, -0.2) is 0 Å². The molecule has 1 aliphatic carbocycles. The van der Waals surface area contributed by atoms with Gasteiger partial charge in [-0.15, -0.1) is 0 Å². The van der Waals surface area contributed by atoms with Gasteiger partial charge in [0.2, 0.25) is 5.91 Å². The van der Waals surface area contributed by atoms with Crippen molar-refractivity contribution in [2.75, 3.05) is 27.2 Å². The molecule has 1 aliphatic rings. The quantitative estimate of drug-likeness (QED) is 0.741. The Morgan fingerprint density at radius 1 is 1.11 bits per heavy atom. The van der Waals surface area contributed by atoms with Crippen LogP contribution in [0.4, 0.5) is 0 Å². The molecule has 4 heteroatoms. The van der Waals surface area contributed by atoms with E-state index in [1.54, 1.807) is 0 Å². The summed E-state index contributed by atoms with van der Waals surface area (Å²) in [4.78, 5) is 16.9. The van der Waals surface area contributed by atoms with Gasteiger partial charge in [0.25, 0.3) is 0 Å². The molecule has 0 bridgehead atoms. The Bertz CT molecular complexity index is 757. The fourth-order valence-electron chi connectivity index (χ4n) is 3.87. The van der Waals surface area contributed by atoms with Gasteiger partial charge in [0.1, 0.15) is 5.75 Å². The topological polar surface area (TPSA) is 32.8 Å². The highest BCUT2D eigenvalue weighted by molar-refractivity contribution is 5.78. The third-order valence-corrected chi connectivity index (χ3v) is 5.29. The summed E-state index contributed by atoms with van der Waals surface area (Å²) >= 11 is 0. The molecule has 4 nitrogen and oxygen atoms in total. The molecule has 0 fully saturated rings. The SMILES string of the molecule is CCOc1ccc(CN(C)CC(=O)N(C)C2CCCc3ccccc32)cc1. The molecule has 0 aliphatic heterocycles. The van der Waals surface area contributed by atoms with Gasteiger partial charge < -0.3 is 9.64 Å². The van der Waals surface area contributed by atoms with Crippen LogP contribution in [0.2, 0.25) is 0 Å². The second-order valence-electron chi connectivity index (χ2n) is 7.36. The number of hydrogen-bond donors (Lipinski definition) is 0. The van der Waals surface area contributed by atoms with Gasteiger partial charge >= 0.3 is 0 Å². The van der Waals surface area contributed by atoms with Crippen molar-refractivity contribution in [3.63, 3.8) is 0 Å². The van der Waals surface area contributed by atoms with Gasteiger partial charge in [-0.2, -0.15) is 0 Å². The molecule has 0 heterocycles. The Morgan fingerprint density at radius 2 is 1.85 bits per heavy atom. The number of carbonyl (C=O) groups excluding carboxylic acids is 1. The summed E-state index contributed by atoms with van der Waals surface area (Å²) < 4.78 is 5.48. The van der Waals surface area contributed by atoms with Crippen molar-refractivity contribution in [2.24, 2.45) is 0 Å². The molecule has 1 unspecified atom stereocenters. The number of rotatable bonds is 7. The summed E-state index contributed by atoms with van der Waals surface area (Å²) in [6.07, 6.45) is 3.30. The van der Waals surface area contributed by atoms with Crippen molar-refractivity contribution in [3.05, 3.63) is 65.2 Å². The highest BCUT2D eigenvalue weighted by atomic mass is 16.5. The molecule has 0 radical (unpaired) electrons. The molecule has 0 N–H and O–H groups in total. The van der Waals surface area contributed by atoms with Crippen molar-refractivity contribution in [2.45, 2.75) is 38.8 Å². The van der Waals surface area contributed by atoms with Gasteiger partial charge in [-0.3, -0.25) is 9.69 Å². The minimum Gasteiger partial charge on any atom is -0.494 e. The van der Waals surface area contributed by atoms with Crippen LogP contribution in [0.25, 0.3) is 0 Å². The number of fused-ring (bicyclic) bond motifs is 1. The highest BCUT2D eigenvalue weighted by Crippen LogP contribution is 2.33. The van der Waals surface area contributed by atoms with E-state index in [0.29, 0.717) is 13.2 Å². The Labute approximate surface area is 162 Å². The van der Waals surface area contributed by atoms with Gasteiger partial charge in [-0.1, -0.05) is 36.4 Å². The Kier molecular flexibility index (Phi) is 6.51. The van der Waals surface area contributed by atoms with Gasteiger partial charge in [0.15, 0.2) is 0 Å². The van der Waals surface area contributed by atoms with Crippen molar-refractivity contribution < 1.29 is 9.53 Å². The van der Waals surface area contributed by atoms with Crippen LogP contribution < -0.4 is 4.74 Å². The highest BCUT2D eigenvalue weighted by Gasteiger charge is 2.26. The minimum atomic E-state index is 0.171. The molecule has 2 aromatic carbocycles. The predicted molar refractivity (Wildman–Crippen MR) is 109 cm³/mol. The minimum absolute atomic E-state index is 0.171. The van der Waals surface area contributed by atoms with Crippen molar-refractivity contribution in [1.29, 1.82) is 0 Å². The second kappa shape index (κ2) is 9.05. The van der Waals surface area contributed by atoms with Crippen molar-refractivity contribution in [3.8, 4) is 5.75 Å². The van der Waals surface area contributed by atoms with Crippen LogP contribution in [0.1, 0.15) is 42.5 Å². The first kappa shape index (κ1) is 19.4. The summed E-state index contributed by atoms with van der Waals surface area (Å²) in [7, 11) is 3.94. The molecule has 0 saturated carbocycles. The molecule has 27 heavy (non-hydrogen) atoms. The van der Waals surface area contributed by atoms with Crippen LogP contribution in [0.15, 0.2) is 48.5 Å². The maximum Gasteiger partial charge on any atom is 0.237 e. The summed E-state index contributed by atoms with van der Waals surface area (Å²) in [6, 6.07) is 16.8. The fraction of sp³-hybridized carbons (Fsp3) is 0.435. The maximum atomic E-state index is 12.9. The number of amides is 1. The zero-order valence-electron chi connectivity index (χ0n) is 16.6. The summed E-state index contributed by atoms with van der Waals surface area (Å²) in [5, 5.41) is 0. The largest absolute Gasteiger partial charge is 0.494 e. The third-order valence-electron chi connectivity index (χ3n) is 5.29. The first-order valence-electron chi connectivity index (χ1n) is 9.82. The van der Waals surface area contributed by atoms with Crippen molar-refractivity contribution >= 4 is 5.91 Å². The Balaban J connectivity index is 1.58. The number of nitrogens with zero attached hydrogens (tertiary/aromatic N) is 2. The average Bonchev–Trinajstić information content (AvgIpc) is 2.68. The standard InChI is InChI=1S/C23H30N2O2/c1-4-27-20-14-12-18(13-15-20)16-24(2)17-23(26)25(3)22-11-7-9-19-8-5-6-10-21(19)22/h5-6,8,10,12-15,22H,4,7,9,11,16-17H2,1-3H3. The smallest absolute Gasteiger partial charge is 0.237 e. The molecule has 144 valence electrons. The first-order chi connectivity index (χ1) is 13.1. The van der Waals surface area contributed by atoms with Crippen LogP contribution in [0.3, 0.4) is 0 Å². The van der Waals surface area contributed by atoms with Crippen LogP contribution >= 0.6 is 0 Å². The Morgan fingerprint density at radius 3 is 2.59 bits per heavy atom. The average molecular weight is 367 g/mol. The third kappa shape index (κ3) is 4.89. The van der Waals surface area contributed by atoms with Crippen LogP contribution in [0, 0.1) is 0 Å². The molecule has 1 atom stereocenters. The van der Waals surface area contributed by atoms with E-state index in [-0.39, 0.29) is 11.9 Å². The molecule has 3 rings (SSSR count). The number of likely N-dealkylation sites (N-methyl/N-ethyl adjacent to an activating group) is 2. The van der Waals surface area contributed by atoms with Crippen molar-refractivity contribution in [1.82, 2.24) is 9.80 Å². The molecule has 2 aromatic rings. The summed E-state index contributed by atoms with van der Waals surface area (Å²) in [5.74, 6) is 1.06. The number of hydrogen-bond acceptors (Lipinski definition) is 3. The lowest BCUT2D eigenvalue weighted by Crippen LogP contribution is -2.39. The van der Waals surface area contributed by atoms with E-state index in [9.17, 15) is 4.79 Å². The predicted octanol–water partition coefficient (Wildman–Crippen LogP) is 4.05. The van der Waals surface area contributed by atoms with Crippen LogP contribution in [-0.2, 0) is 17.8 Å². The number of benzene rings is 2. The van der Waals surface area contributed by atoms with E-state index in [2.05, 4.69) is 41.3 Å². The van der Waals surface area contributed by atoms with Gasteiger partial charge in [0.05, 0.1) is 19.2 Å². The number of carbonyl (C=O) groups is 1. The number of ether oxygens (including phenoxy) is 1. The van der Waals surface area contributed by atoms with E-state index < -0.39 is 0 Å². The molecule has 0 spiro atoms. The molecule has 1 amide bonds.